The minimum Gasteiger partial charge on any atom is -0.483 e. The maximum Gasteiger partial charge on any atom is 0.257 e. The topological polar surface area (TPSA) is 74.2 Å². The van der Waals surface area contributed by atoms with E-state index >= 15 is 0 Å². The lowest BCUT2D eigenvalue weighted by Gasteiger charge is -2.14. The molecule has 5 heteroatoms. The number of benzene rings is 1. The normalized spacial score (nSPS) is 9.95. The molecule has 0 atom stereocenters. The molecule has 5 nitrogen and oxygen atoms in total. The van der Waals surface area contributed by atoms with Crippen molar-refractivity contribution in [2.24, 2.45) is 0 Å². The van der Waals surface area contributed by atoms with E-state index in [9.17, 15) is 4.79 Å². The van der Waals surface area contributed by atoms with Gasteiger partial charge in [0.15, 0.2) is 6.61 Å². The lowest BCUT2D eigenvalue weighted by molar-refractivity contribution is -0.123. The molecule has 0 bridgehead atoms. The van der Waals surface area contributed by atoms with Crippen LogP contribution in [0.5, 0.6) is 5.75 Å². The summed E-state index contributed by atoms with van der Waals surface area (Å²) >= 11 is 0. The summed E-state index contributed by atoms with van der Waals surface area (Å²) in [4.78, 5) is 11.6. The molecule has 114 valence electrons. The molecule has 0 heterocycles. The average molecular weight is 289 g/mol. The van der Waals surface area contributed by atoms with Crippen molar-refractivity contribution >= 4 is 5.91 Å². The minimum absolute atomic E-state index is 0.0307. The van der Waals surface area contributed by atoms with E-state index in [0.717, 1.165) is 36.4 Å². The standard InChI is InChI=1S/C16H23N3O2/c1-3-9-18-11-14-7-4-6-13(2)16(14)21-12-15(20)19-10-5-8-17/h4,6-7,18H,3,5,9-12H2,1-2H3,(H,19,20). The fourth-order valence-corrected chi connectivity index (χ4v) is 1.91. The van der Waals surface area contributed by atoms with Gasteiger partial charge in [0, 0.05) is 18.7 Å². The number of nitriles is 1. The first-order valence-electron chi connectivity index (χ1n) is 7.24. The van der Waals surface area contributed by atoms with Crippen LogP contribution in [-0.4, -0.2) is 25.6 Å². The van der Waals surface area contributed by atoms with Gasteiger partial charge < -0.3 is 15.4 Å². The van der Waals surface area contributed by atoms with Gasteiger partial charge in [0.1, 0.15) is 5.75 Å². The van der Waals surface area contributed by atoms with Gasteiger partial charge in [-0.3, -0.25) is 4.79 Å². The lowest BCUT2D eigenvalue weighted by atomic mass is 10.1. The van der Waals surface area contributed by atoms with Gasteiger partial charge >= 0.3 is 0 Å². The predicted molar refractivity (Wildman–Crippen MR) is 81.9 cm³/mol. The van der Waals surface area contributed by atoms with Gasteiger partial charge in [-0.2, -0.15) is 5.26 Å². The molecule has 0 radical (unpaired) electrons. The van der Waals surface area contributed by atoms with Crippen molar-refractivity contribution in [1.29, 1.82) is 5.26 Å². The summed E-state index contributed by atoms with van der Waals surface area (Å²) in [7, 11) is 0. The molecule has 0 aliphatic rings. The van der Waals surface area contributed by atoms with Crippen LogP contribution < -0.4 is 15.4 Å². The third-order valence-electron chi connectivity index (χ3n) is 2.94. The van der Waals surface area contributed by atoms with E-state index in [0.29, 0.717) is 13.0 Å². The largest absolute Gasteiger partial charge is 0.483 e. The van der Waals surface area contributed by atoms with Crippen molar-refractivity contribution in [1.82, 2.24) is 10.6 Å². The minimum atomic E-state index is -0.207. The molecule has 1 rings (SSSR count). The van der Waals surface area contributed by atoms with Crippen molar-refractivity contribution in [3.05, 3.63) is 29.3 Å². The van der Waals surface area contributed by atoms with Crippen LogP contribution in [0.15, 0.2) is 18.2 Å². The van der Waals surface area contributed by atoms with Crippen LogP contribution in [0, 0.1) is 18.3 Å². The first kappa shape index (κ1) is 17.0. The van der Waals surface area contributed by atoms with Crippen molar-refractivity contribution in [2.45, 2.75) is 33.2 Å². The van der Waals surface area contributed by atoms with Gasteiger partial charge in [0.05, 0.1) is 12.5 Å². The highest BCUT2D eigenvalue weighted by molar-refractivity contribution is 5.77. The maximum atomic E-state index is 11.6. The van der Waals surface area contributed by atoms with Crippen LogP contribution in [0.4, 0.5) is 0 Å². The second kappa shape index (κ2) is 9.78. The van der Waals surface area contributed by atoms with E-state index in [-0.39, 0.29) is 12.5 Å². The van der Waals surface area contributed by atoms with Gasteiger partial charge in [-0.25, -0.2) is 0 Å². The van der Waals surface area contributed by atoms with Crippen LogP contribution >= 0.6 is 0 Å². The first-order valence-corrected chi connectivity index (χ1v) is 7.24. The number of hydrogen-bond donors (Lipinski definition) is 2. The Morgan fingerprint density at radius 1 is 1.38 bits per heavy atom. The first-order chi connectivity index (χ1) is 10.2. The molecule has 2 N–H and O–H groups in total. The Hall–Kier alpha value is -2.06. The molecular weight excluding hydrogens is 266 g/mol. The monoisotopic (exact) mass is 289 g/mol. The number of ether oxygens (including phenoxy) is 1. The van der Waals surface area contributed by atoms with Crippen LogP contribution in [0.3, 0.4) is 0 Å². The highest BCUT2D eigenvalue weighted by Gasteiger charge is 2.09. The van der Waals surface area contributed by atoms with Crippen LogP contribution in [0.1, 0.15) is 30.9 Å². The Kier molecular flexibility index (Phi) is 7.92. The zero-order valence-corrected chi connectivity index (χ0v) is 12.7. The molecule has 0 aromatic heterocycles. The predicted octanol–water partition coefficient (Wildman–Crippen LogP) is 1.90. The summed E-state index contributed by atoms with van der Waals surface area (Å²) in [6, 6.07) is 7.93. The third kappa shape index (κ3) is 6.28. The zero-order chi connectivity index (χ0) is 15.5. The summed E-state index contributed by atoms with van der Waals surface area (Å²) in [5.74, 6) is 0.553. The van der Waals surface area contributed by atoms with Crippen molar-refractivity contribution < 1.29 is 9.53 Å². The second-order valence-electron chi connectivity index (χ2n) is 4.79. The Morgan fingerprint density at radius 2 is 2.19 bits per heavy atom. The Morgan fingerprint density at radius 3 is 2.90 bits per heavy atom. The van der Waals surface area contributed by atoms with E-state index in [1.807, 2.05) is 31.2 Å². The Bertz CT molecular complexity index is 495. The third-order valence-corrected chi connectivity index (χ3v) is 2.94. The molecule has 1 aromatic carbocycles. The molecule has 0 aliphatic carbocycles. The quantitative estimate of drug-likeness (QED) is 0.681. The molecule has 0 spiro atoms. The molecular formula is C16H23N3O2. The van der Waals surface area contributed by atoms with Gasteiger partial charge in [0.2, 0.25) is 0 Å². The summed E-state index contributed by atoms with van der Waals surface area (Å²) in [6.07, 6.45) is 1.38. The molecule has 0 saturated carbocycles. The second-order valence-corrected chi connectivity index (χ2v) is 4.79. The van der Waals surface area contributed by atoms with Gasteiger partial charge in [-0.1, -0.05) is 25.1 Å². The number of amides is 1. The van der Waals surface area contributed by atoms with Crippen molar-refractivity contribution in [3.63, 3.8) is 0 Å². The molecule has 0 saturated heterocycles. The van der Waals surface area contributed by atoms with Crippen LogP contribution in [-0.2, 0) is 11.3 Å². The number of carbonyl (C=O) groups excluding carboxylic acids is 1. The Labute approximate surface area is 126 Å². The van der Waals surface area contributed by atoms with Crippen LogP contribution in [0.2, 0.25) is 0 Å². The SMILES string of the molecule is CCCNCc1cccc(C)c1OCC(=O)NCCC#N. The van der Waals surface area contributed by atoms with E-state index in [1.54, 1.807) is 0 Å². The summed E-state index contributed by atoms with van der Waals surface area (Å²) < 4.78 is 5.66. The number of carbonyl (C=O) groups is 1. The Balaban J connectivity index is 2.56. The van der Waals surface area contributed by atoms with E-state index in [2.05, 4.69) is 17.6 Å². The number of hydrogen-bond acceptors (Lipinski definition) is 4. The van der Waals surface area contributed by atoms with Gasteiger partial charge in [-0.15, -0.1) is 0 Å². The fourth-order valence-electron chi connectivity index (χ4n) is 1.91. The number of nitrogens with one attached hydrogen (secondary N) is 2. The van der Waals surface area contributed by atoms with E-state index in [1.165, 1.54) is 0 Å². The average Bonchev–Trinajstić information content (AvgIpc) is 2.47. The van der Waals surface area contributed by atoms with Gasteiger partial charge in [0.25, 0.3) is 5.91 Å². The molecule has 0 unspecified atom stereocenters. The molecule has 0 aliphatic heterocycles. The fraction of sp³-hybridized carbons (Fsp3) is 0.500. The molecule has 1 aromatic rings. The highest BCUT2D eigenvalue weighted by Crippen LogP contribution is 2.23. The summed E-state index contributed by atoms with van der Waals surface area (Å²) in [5, 5.41) is 14.4. The maximum absolute atomic E-state index is 11.6. The smallest absolute Gasteiger partial charge is 0.257 e. The number of para-hydroxylation sites is 1. The number of nitrogens with zero attached hydrogens (tertiary/aromatic N) is 1. The number of aryl methyl sites for hydroxylation is 1. The molecule has 21 heavy (non-hydrogen) atoms. The van der Waals surface area contributed by atoms with E-state index in [4.69, 9.17) is 10.00 Å². The van der Waals surface area contributed by atoms with Crippen LogP contribution in [0.25, 0.3) is 0 Å². The summed E-state index contributed by atoms with van der Waals surface area (Å²) in [5.41, 5.74) is 2.06. The molecule has 1 amide bonds. The lowest BCUT2D eigenvalue weighted by Crippen LogP contribution is -2.30. The van der Waals surface area contributed by atoms with Gasteiger partial charge in [-0.05, 0) is 25.5 Å². The van der Waals surface area contributed by atoms with E-state index < -0.39 is 0 Å². The zero-order valence-electron chi connectivity index (χ0n) is 12.7. The highest BCUT2D eigenvalue weighted by atomic mass is 16.5. The number of rotatable bonds is 9. The summed E-state index contributed by atoms with van der Waals surface area (Å²) in [6.45, 7) is 6.08. The van der Waals surface area contributed by atoms with Crippen molar-refractivity contribution in [2.75, 3.05) is 19.7 Å². The molecule has 0 fully saturated rings. The van der Waals surface area contributed by atoms with Crippen molar-refractivity contribution in [3.8, 4) is 11.8 Å².